The smallest absolute Gasteiger partial charge is 0.267 e. The zero-order valence-electron chi connectivity index (χ0n) is 14.1. The number of amides is 2. The second-order valence-electron chi connectivity index (χ2n) is 7.08. The molecule has 1 aliphatic carbocycles. The summed E-state index contributed by atoms with van der Waals surface area (Å²) in [4.78, 5) is 29.1. The Morgan fingerprint density at radius 2 is 1.83 bits per heavy atom. The van der Waals surface area contributed by atoms with Crippen LogP contribution in [0.3, 0.4) is 0 Å². The molecule has 1 fully saturated rings. The molecule has 2 amide bonds. The number of rotatable bonds is 4. The van der Waals surface area contributed by atoms with Crippen LogP contribution in [0.5, 0.6) is 0 Å². The van der Waals surface area contributed by atoms with Crippen molar-refractivity contribution in [3.8, 4) is 0 Å². The molecule has 0 aliphatic heterocycles. The average molecular weight is 343 g/mol. The standard InChI is InChI=1S/C18H21N3O2S/c1-18(2,3)17-19-10-14(24-17)16(23)21-13-6-4-5-12(9-13)20-15(22)11-7-8-11/h4-6,9-11H,7-8H2,1-3H3,(H,20,22)(H,21,23). The molecule has 3 rings (SSSR count). The summed E-state index contributed by atoms with van der Waals surface area (Å²) in [6, 6.07) is 7.20. The molecular weight excluding hydrogens is 322 g/mol. The van der Waals surface area contributed by atoms with E-state index in [9.17, 15) is 9.59 Å². The maximum Gasteiger partial charge on any atom is 0.267 e. The van der Waals surface area contributed by atoms with E-state index < -0.39 is 0 Å². The molecule has 0 unspecified atom stereocenters. The number of hydrogen-bond donors (Lipinski definition) is 2. The Morgan fingerprint density at radius 1 is 1.17 bits per heavy atom. The Hall–Kier alpha value is -2.21. The van der Waals surface area contributed by atoms with Gasteiger partial charge in [0.15, 0.2) is 0 Å². The van der Waals surface area contributed by atoms with E-state index in [-0.39, 0.29) is 23.1 Å². The lowest BCUT2D eigenvalue weighted by Crippen LogP contribution is -2.14. The molecule has 0 bridgehead atoms. The van der Waals surface area contributed by atoms with Crippen molar-refractivity contribution >= 4 is 34.5 Å². The average Bonchev–Trinajstić information content (AvgIpc) is 3.22. The third-order valence-corrected chi connectivity index (χ3v) is 5.13. The number of thiazole rings is 1. The minimum atomic E-state index is -0.186. The van der Waals surface area contributed by atoms with E-state index in [4.69, 9.17) is 0 Å². The van der Waals surface area contributed by atoms with Gasteiger partial charge in [-0.25, -0.2) is 4.98 Å². The molecule has 5 nitrogen and oxygen atoms in total. The van der Waals surface area contributed by atoms with Gasteiger partial charge in [-0.3, -0.25) is 9.59 Å². The molecule has 0 atom stereocenters. The molecule has 2 aromatic rings. The summed E-state index contributed by atoms with van der Waals surface area (Å²) in [5, 5.41) is 6.67. The van der Waals surface area contributed by atoms with Gasteiger partial charge in [0.2, 0.25) is 5.91 Å². The van der Waals surface area contributed by atoms with Crippen LogP contribution in [-0.4, -0.2) is 16.8 Å². The van der Waals surface area contributed by atoms with Crippen molar-refractivity contribution in [3.05, 3.63) is 40.3 Å². The Morgan fingerprint density at radius 3 is 2.42 bits per heavy atom. The molecule has 0 radical (unpaired) electrons. The van der Waals surface area contributed by atoms with Crippen molar-refractivity contribution in [1.29, 1.82) is 0 Å². The Labute approximate surface area is 145 Å². The highest BCUT2D eigenvalue weighted by molar-refractivity contribution is 7.13. The fourth-order valence-corrected chi connectivity index (χ4v) is 3.05. The van der Waals surface area contributed by atoms with Crippen molar-refractivity contribution in [1.82, 2.24) is 4.98 Å². The van der Waals surface area contributed by atoms with Gasteiger partial charge in [0, 0.05) is 22.7 Å². The first kappa shape index (κ1) is 16.6. The van der Waals surface area contributed by atoms with Crippen LogP contribution in [0.25, 0.3) is 0 Å². The number of nitrogens with one attached hydrogen (secondary N) is 2. The number of benzene rings is 1. The fourth-order valence-electron chi connectivity index (χ4n) is 2.18. The minimum absolute atomic E-state index is 0.0516. The summed E-state index contributed by atoms with van der Waals surface area (Å²) < 4.78 is 0. The molecule has 1 aromatic heterocycles. The van der Waals surface area contributed by atoms with Crippen LogP contribution in [0.1, 0.15) is 48.3 Å². The summed E-state index contributed by atoms with van der Waals surface area (Å²) in [6.45, 7) is 6.21. The van der Waals surface area contributed by atoms with Crippen molar-refractivity contribution in [2.75, 3.05) is 10.6 Å². The molecule has 1 saturated carbocycles. The van der Waals surface area contributed by atoms with Crippen LogP contribution in [-0.2, 0) is 10.2 Å². The van der Waals surface area contributed by atoms with Gasteiger partial charge in [0.1, 0.15) is 4.88 Å². The number of hydrogen-bond acceptors (Lipinski definition) is 4. The molecule has 1 heterocycles. The van der Waals surface area contributed by atoms with Crippen molar-refractivity contribution in [3.63, 3.8) is 0 Å². The maximum absolute atomic E-state index is 12.4. The first-order chi connectivity index (χ1) is 11.3. The molecule has 0 saturated heterocycles. The SMILES string of the molecule is CC(C)(C)c1ncc(C(=O)Nc2cccc(NC(=O)C3CC3)c2)s1. The lowest BCUT2D eigenvalue weighted by molar-refractivity contribution is -0.117. The van der Waals surface area contributed by atoms with Crippen molar-refractivity contribution < 1.29 is 9.59 Å². The van der Waals surface area contributed by atoms with Crippen LogP contribution in [0.15, 0.2) is 30.5 Å². The van der Waals surface area contributed by atoms with Gasteiger partial charge in [-0.05, 0) is 31.0 Å². The fraction of sp³-hybridized carbons (Fsp3) is 0.389. The van der Waals surface area contributed by atoms with Gasteiger partial charge in [-0.1, -0.05) is 26.8 Å². The molecule has 6 heteroatoms. The molecule has 0 spiro atoms. The summed E-state index contributed by atoms with van der Waals surface area (Å²) in [6.07, 6.45) is 3.53. The Kier molecular flexibility index (Phi) is 4.41. The van der Waals surface area contributed by atoms with Gasteiger partial charge in [-0.2, -0.15) is 0 Å². The monoisotopic (exact) mass is 343 g/mol. The molecule has 24 heavy (non-hydrogen) atoms. The first-order valence-electron chi connectivity index (χ1n) is 8.01. The molecule has 2 N–H and O–H groups in total. The van der Waals surface area contributed by atoms with Gasteiger partial charge >= 0.3 is 0 Å². The number of nitrogens with zero attached hydrogens (tertiary/aromatic N) is 1. The predicted molar refractivity (Wildman–Crippen MR) is 96.6 cm³/mol. The maximum atomic E-state index is 12.4. The number of aromatic nitrogens is 1. The lowest BCUT2D eigenvalue weighted by atomic mass is 9.98. The molecule has 126 valence electrons. The van der Waals surface area contributed by atoms with Crippen molar-refractivity contribution in [2.45, 2.75) is 39.0 Å². The largest absolute Gasteiger partial charge is 0.326 e. The number of anilines is 2. The van der Waals surface area contributed by atoms with E-state index in [2.05, 4.69) is 36.4 Å². The Bertz CT molecular complexity index is 773. The lowest BCUT2D eigenvalue weighted by Gasteiger charge is -2.13. The van der Waals surface area contributed by atoms with E-state index in [1.54, 1.807) is 18.3 Å². The van der Waals surface area contributed by atoms with E-state index in [0.717, 1.165) is 17.8 Å². The van der Waals surface area contributed by atoms with Crippen LogP contribution in [0.4, 0.5) is 11.4 Å². The van der Waals surface area contributed by atoms with Gasteiger partial charge < -0.3 is 10.6 Å². The predicted octanol–water partition coefficient (Wildman–Crippen LogP) is 4.04. The summed E-state index contributed by atoms with van der Waals surface area (Å²) in [7, 11) is 0. The highest BCUT2D eigenvalue weighted by atomic mass is 32.1. The summed E-state index contributed by atoms with van der Waals surface area (Å²) in [5.41, 5.74) is 1.28. The van der Waals surface area contributed by atoms with Crippen LogP contribution >= 0.6 is 11.3 Å². The first-order valence-corrected chi connectivity index (χ1v) is 8.83. The zero-order chi connectivity index (χ0) is 17.3. The second kappa shape index (κ2) is 6.36. The highest BCUT2D eigenvalue weighted by Crippen LogP contribution is 2.30. The van der Waals surface area contributed by atoms with Crippen molar-refractivity contribution in [2.24, 2.45) is 5.92 Å². The minimum Gasteiger partial charge on any atom is -0.326 e. The summed E-state index contributed by atoms with van der Waals surface area (Å²) >= 11 is 1.40. The third-order valence-electron chi connectivity index (χ3n) is 3.71. The summed E-state index contributed by atoms with van der Waals surface area (Å²) in [5.74, 6) is 0.0145. The molecule has 1 aliphatic rings. The van der Waals surface area contributed by atoms with Crippen LogP contribution in [0.2, 0.25) is 0 Å². The zero-order valence-corrected chi connectivity index (χ0v) is 14.9. The normalized spacial score (nSPS) is 14.3. The quantitative estimate of drug-likeness (QED) is 0.880. The second-order valence-corrected chi connectivity index (χ2v) is 8.11. The van der Waals surface area contributed by atoms with Gasteiger partial charge in [-0.15, -0.1) is 11.3 Å². The topological polar surface area (TPSA) is 71.1 Å². The van der Waals surface area contributed by atoms with Crippen LogP contribution < -0.4 is 10.6 Å². The van der Waals surface area contributed by atoms with Crippen LogP contribution in [0, 0.1) is 5.92 Å². The number of carbonyl (C=O) groups excluding carboxylic acids is 2. The van der Waals surface area contributed by atoms with E-state index in [1.807, 2.05) is 12.1 Å². The highest BCUT2D eigenvalue weighted by Gasteiger charge is 2.29. The van der Waals surface area contributed by atoms with Gasteiger partial charge in [0.05, 0.1) is 11.2 Å². The van der Waals surface area contributed by atoms with E-state index >= 15 is 0 Å². The molecular formula is C18H21N3O2S. The third kappa shape index (κ3) is 4.00. The van der Waals surface area contributed by atoms with E-state index in [0.29, 0.717) is 16.3 Å². The molecule has 1 aromatic carbocycles. The van der Waals surface area contributed by atoms with E-state index in [1.165, 1.54) is 11.3 Å². The Balaban J connectivity index is 1.67. The number of carbonyl (C=O) groups is 2. The van der Waals surface area contributed by atoms with Gasteiger partial charge in [0.25, 0.3) is 5.91 Å².